The van der Waals surface area contributed by atoms with Crippen LogP contribution in [0.4, 0.5) is 17.2 Å². The number of ether oxygens (including phenoxy) is 2. The van der Waals surface area contributed by atoms with Crippen molar-refractivity contribution in [3.63, 3.8) is 0 Å². The van der Waals surface area contributed by atoms with Gasteiger partial charge < -0.3 is 20.1 Å². The smallest absolute Gasteiger partial charge is 0.275 e. The fourth-order valence-electron chi connectivity index (χ4n) is 2.64. The second kappa shape index (κ2) is 7.36. The van der Waals surface area contributed by atoms with Crippen LogP contribution >= 0.6 is 0 Å². The fourth-order valence-corrected chi connectivity index (χ4v) is 2.64. The van der Waals surface area contributed by atoms with Crippen molar-refractivity contribution < 1.29 is 19.1 Å². The van der Waals surface area contributed by atoms with Crippen LogP contribution in [0, 0.1) is 0 Å². The second-order valence-electron chi connectivity index (χ2n) is 6.07. The Balaban J connectivity index is 1.43. The molecule has 2 heterocycles. The average Bonchev–Trinajstić information content (AvgIpc) is 3.16. The minimum atomic E-state index is -0.392. The predicted molar refractivity (Wildman–Crippen MR) is 102 cm³/mol. The molecule has 0 saturated heterocycles. The van der Waals surface area contributed by atoms with Crippen molar-refractivity contribution in [3.05, 3.63) is 66.1 Å². The van der Waals surface area contributed by atoms with E-state index in [9.17, 15) is 9.59 Å². The third-order valence-electron chi connectivity index (χ3n) is 4.06. The van der Waals surface area contributed by atoms with Gasteiger partial charge in [-0.15, -0.1) is 0 Å². The van der Waals surface area contributed by atoms with Crippen molar-refractivity contribution in [1.82, 2.24) is 9.97 Å². The molecule has 0 radical (unpaired) electrons. The topological polar surface area (TPSA) is 102 Å². The first-order chi connectivity index (χ1) is 13.6. The van der Waals surface area contributed by atoms with E-state index in [4.69, 9.17) is 9.47 Å². The van der Waals surface area contributed by atoms with Gasteiger partial charge in [0.1, 0.15) is 11.5 Å². The quantitative estimate of drug-likeness (QED) is 0.658. The molecular weight excluding hydrogens is 360 g/mol. The van der Waals surface area contributed by atoms with Crippen LogP contribution in [0.15, 0.2) is 54.9 Å². The van der Waals surface area contributed by atoms with E-state index >= 15 is 0 Å². The zero-order valence-electron chi connectivity index (χ0n) is 14.9. The number of hydrogen-bond donors (Lipinski definition) is 2. The van der Waals surface area contributed by atoms with E-state index in [0.29, 0.717) is 34.3 Å². The van der Waals surface area contributed by atoms with Gasteiger partial charge in [-0.25, -0.2) is 9.97 Å². The van der Waals surface area contributed by atoms with Crippen molar-refractivity contribution in [3.8, 4) is 11.5 Å². The molecule has 0 bridgehead atoms. The molecule has 3 aromatic rings. The maximum absolute atomic E-state index is 12.4. The largest absolute Gasteiger partial charge is 0.454 e. The molecule has 0 saturated carbocycles. The van der Waals surface area contributed by atoms with Gasteiger partial charge in [-0.05, 0) is 31.2 Å². The molecule has 140 valence electrons. The third kappa shape index (κ3) is 3.75. The average molecular weight is 376 g/mol. The highest BCUT2D eigenvalue weighted by molar-refractivity contribution is 6.02. The number of aromatic nitrogens is 2. The van der Waals surface area contributed by atoms with E-state index in [0.717, 1.165) is 0 Å². The van der Waals surface area contributed by atoms with Crippen LogP contribution in [0.3, 0.4) is 0 Å². The summed E-state index contributed by atoms with van der Waals surface area (Å²) < 4.78 is 10.5. The molecular formula is C20H16N4O4. The van der Waals surface area contributed by atoms with Crippen molar-refractivity contribution in [2.24, 2.45) is 0 Å². The second-order valence-corrected chi connectivity index (χ2v) is 6.07. The predicted octanol–water partition coefficient (Wildman–Crippen LogP) is 3.40. The number of Topliss-reactive ketones (excluding diaryl/α,β-unsaturated/α-hetero) is 1. The Morgan fingerprint density at radius 1 is 0.964 bits per heavy atom. The van der Waals surface area contributed by atoms with Crippen LogP contribution in [-0.2, 0) is 0 Å². The van der Waals surface area contributed by atoms with Crippen LogP contribution < -0.4 is 20.1 Å². The SMILES string of the molecule is CC(=O)c1cccc(Nc2cnc(C(=O)Nc3ccc4c(c3)OCO4)cn2)c1. The Labute approximate surface area is 160 Å². The molecule has 1 aliphatic rings. The van der Waals surface area contributed by atoms with Gasteiger partial charge in [-0.2, -0.15) is 0 Å². The number of hydrogen-bond acceptors (Lipinski definition) is 7. The Hall–Kier alpha value is -3.94. The van der Waals surface area contributed by atoms with Gasteiger partial charge in [0.2, 0.25) is 6.79 Å². The lowest BCUT2D eigenvalue weighted by Crippen LogP contribution is -2.14. The summed E-state index contributed by atoms with van der Waals surface area (Å²) in [5, 5.41) is 5.80. The Kier molecular flexibility index (Phi) is 4.59. The lowest BCUT2D eigenvalue weighted by atomic mass is 10.1. The number of ketones is 1. The van der Waals surface area contributed by atoms with Gasteiger partial charge in [0, 0.05) is 23.0 Å². The maximum atomic E-state index is 12.4. The first kappa shape index (κ1) is 17.5. The molecule has 0 atom stereocenters. The summed E-state index contributed by atoms with van der Waals surface area (Å²) in [5.41, 5.74) is 2.04. The summed E-state index contributed by atoms with van der Waals surface area (Å²) in [5.74, 6) is 1.26. The Bertz CT molecular complexity index is 1050. The molecule has 0 unspecified atom stereocenters. The fraction of sp³-hybridized carbons (Fsp3) is 0.100. The molecule has 0 aliphatic carbocycles. The minimum absolute atomic E-state index is 0.0229. The number of rotatable bonds is 5. The summed E-state index contributed by atoms with van der Waals surface area (Å²) in [6, 6.07) is 12.2. The molecule has 8 nitrogen and oxygen atoms in total. The molecule has 2 aromatic carbocycles. The van der Waals surface area contributed by atoms with Crippen LogP contribution in [0.2, 0.25) is 0 Å². The van der Waals surface area contributed by atoms with Gasteiger partial charge in [0.05, 0.1) is 12.4 Å². The van der Waals surface area contributed by atoms with Crippen molar-refractivity contribution in [1.29, 1.82) is 0 Å². The highest BCUT2D eigenvalue weighted by atomic mass is 16.7. The zero-order valence-corrected chi connectivity index (χ0v) is 14.9. The summed E-state index contributed by atoms with van der Waals surface area (Å²) in [6.45, 7) is 1.68. The van der Waals surface area contributed by atoms with Gasteiger partial charge in [-0.1, -0.05) is 12.1 Å². The van der Waals surface area contributed by atoms with Crippen LogP contribution in [0.1, 0.15) is 27.8 Å². The molecule has 1 amide bonds. The molecule has 4 rings (SSSR count). The summed E-state index contributed by atoms with van der Waals surface area (Å²) in [4.78, 5) is 32.2. The number of nitrogens with one attached hydrogen (secondary N) is 2. The summed E-state index contributed by atoms with van der Waals surface area (Å²) >= 11 is 0. The third-order valence-corrected chi connectivity index (χ3v) is 4.06. The van der Waals surface area contributed by atoms with Crippen LogP contribution in [0.5, 0.6) is 11.5 Å². The van der Waals surface area contributed by atoms with E-state index in [1.54, 1.807) is 36.4 Å². The molecule has 8 heteroatoms. The van der Waals surface area contributed by atoms with Gasteiger partial charge in [-0.3, -0.25) is 9.59 Å². The van der Waals surface area contributed by atoms with Crippen LogP contribution in [-0.4, -0.2) is 28.5 Å². The normalized spacial score (nSPS) is 11.8. The molecule has 0 spiro atoms. The summed E-state index contributed by atoms with van der Waals surface area (Å²) in [7, 11) is 0. The van der Waals surface area contributed by atoms with E-state index in [1.165, 1.54) is 19.3 Å². The van der Waals surface area contributed by atoms with Gasteiger partial charge in [0.15, 0.2) is 17.3 Å². The number of amides is 1. The van der Waals surface area contributed by atoms with Gasteiger partial charge >= 0.3 is 0 Å². The lowest BCUT2D eigenvalue weighted by Gasteiger charge is -2.08. The molecule has 1 aliphatic heterocycles. The molecule has 1 aromatic heterocycles. The highest BCUT2D eigenvalue weighted by Crippen LogP contribution is 2.34. The lowest BCUT2D eigenvalue weighted by molar-refractivity contribution is 0.101. The standard InChI is InChI=1S/C20H16N4O4/c1-12(25)13-3-2-4-14(7-13)23-19-10-21-16(9-22-19)20(26)24-15-5-6-17-18(8-15)28-11-27-17/h2-10H,11H2,1H3,(H,22,23)(H,24,26). The minimum Gasteiger partial charge on any atom is -0.454 e. The number of anilines is 3. The number of carbonyl (C=O) groups excluding carboxylic acids is 2. The monoisotopic (exact) mass is 376 g/mol. The van der Waals surface area contributed by atoms with E-state index in [-0.39, 0.29) is 18.3 Å². The molecule has 0 fully saturated rings. The number of nitrogens with zero attached hydrogens (tertiary/aromatic N) is 2. The Morgan fingerprint density at radius 3 is 2.61 bits per heavy atom. The van der Waals surface area contributed by atoms with E-state index in [2.05, 4.69) is 20.6 Å². The van der Waals surface area contributed by atoms with Crippen molar-refractivity contribution in [2.45, 2.75) is 6.92 Å². The molecule has 2 N–H and O–H groups in total. The maximum Gasteiger partial charge on any atom is 0.275 e. The van der Waals surface area contributed by atoms with Gasteiger partial charge in [0.25, 0.3) is 5.91 Å². The van der Waals surface area contributed by atoms with Crippen molar-refractivity contribution in [2.75, 3.05) is 17.4 Å². The number of benzene rings is 2. The number of fused-ring (bicyclic) bond motifs is 1. The number of carbonyl (C=O) groups is 2. The summed E-state index contributed by atoms with van der Waals surface area (Å²) in [6.07, 6.45) is 2.83. The van der Waals surface area contributed by atoms with Crippen molar-refractivity contribution >= 4 is 28.9 Å². The first-order valence-corrected chi connectivity index (χ1v) is 8.49. The van der Waals surface area contributed by atoms with E-state index in [1.807, 2.05) is 6.07 Å². The zero-order chi connectivity index (χ0) is 19.5. The highest BCUT2D eigenvalue weighted by Gasteiger charge is 2.15. The first-order valence-electron chi connectivity index (χ1n) is 8.49. The molecule has 28 heavy (non-hydrogen) atoms. The van der Waals surface area contributed by atoms with Crippen LogP contribution in [0.25, 0.3) is 0 Å². The Morgan fingerprint density at radius 2 is 1.82 bits per heavy atom. The van der Waals surface area contributed by atoms with E-state index < -0.39 is 5.91 Å².